The van der Waals surface area contributed by atoms with Gasteiger partial charge in [-0.15, -0.1) is 0 Å². The molecule has 2 aromatic rings. The van der Waals surface area contributed by atoms with Gasteiger partial charge < -0.3 is 19.4 Å². The summed E-state index contributed by atoms with van der Waals surface area (Å²) in [4.78, 5) is 38.1. The molecule has 404 valence electrons. The van der Waals surface area contributed by atoms with Gasteiger partial charge in [-0.1, -0.05) is 69.2 Å². The molecule has 0 fully saturated rings. The third-order valence-electron chi connectivity index (χ3n) is 16.3. The van der Waals surface area contributed by atoms with Crippen LogP contribution in [0.25, 0.3) is 12.2 Å². The lowest BCUT2D eigenvalue weighted by atomic mass is 9.96. The van der Waals surface area contributed by atoms with Crippen LogP contribution in [0.5, 0.6) is 0 Å². The van der Waals surface area contributed by atoms with Crippen molar-refractivity contribution < 1.29 is 9.47 Å². The predicted octanol–water partition coefficient (Wildman–Crippen LogP) is 17.1. The standard InChI is InChI=1S/C67H84N8O2/c1-19-45-37(9)33-68-57(45)27-53-39(11)47(21-3)59(70-53)31-61-49(23-5)41(13)55(72-61)29-63-51(25-7)43(15)65(74-63)76-35-67(17,18)36-77-66-44(16)52(26-8)64(75-66)30-56-42(14)50(24-6)62(73-56)32-60-48(22-4)40(12)54(71-60)28-58-46(20-2)38(10)34-69-58/h27-34,68-69H,19-26,35-36H2,1-18H3/b53-27+,54-28+,61-31-,62-32-,63-29-,64-30-. The van der Waals surface area contributed by atoms with Crippen LogP contribution in [0.4, 0.5) is 0 Å². The molecular weight excluding hydrogens is 949 g/mol. The van der Waals surface area contributed by atoms with Crippen molar-refractivity contribution in [1.82, 2.24) is 9.97 Å². The summed E-state index contributed by atoms with van der Waals surface area (Å²) in [5, 5.41) is 0. The maximum absolute atomic E-state index is 6.61. The van der Waals surface area contributed by atoms with E-state index in [2.05, 4.69) is 183 Å². The molecule has 0 saturated carbocycles. The van der Waals surface area contributed by atoms with Crippen molar-refractivity contribution in [3.05, 3.63) is 171 Å². The first kappa shape index (κ1) is 56.3. The van der Waals surface area contributed by atoms with Crippen molar-refractivity contribution >= 4 is 46.8 Å². The zero-order valence-corrected chi connectivity index (χ0v) is 49.7. The Balaban J connectivity index is 0.974. The molecule has 0 spiro atoms. The smallest absolute Gasteiger partial charge is 0.217 e. The van der Waals surface area contributed by atoms with Gasteiger partial charge in [0.1, 0.15) is 0 Å². The van der Waals surface area contributed by atoms with Crippen molar-refractivity contribution in [3.8, 4) is 0 Å². The molecule has 6 aliphatic heterocycles. The number of ether oxygens (including phenoxy) is 2. The van der Waals surface area contributed by atoms with Crippen LogP contribution in [0.15, 0.2) is 168 Å². The summed E-state index contributed by atoms with van der Waals surface area (Å²) in [6, 6.07) is 0. The highest BCUT2D eigenvalue weighted by molar-refractivity contribution is 6.18. The van der Waals surface area contributed by atoms with Crippen molar-refractivity contribution in [1.29, 1.82) is 0 Å². The fraction of sp³-hybridized carbons (Fsp3) is 0.433. The second-order valence-electron chi connectivity index (χ2n) is 21.9. The first-order valence-electron chi connectivity index (χ1n) is 28.5. The maximum Gasteiger partial charge on any atom is 0.217 e. The molecule has 0 amide bonds. The van der Waals surface area contributed by atoms with E-state index in [-0.39, 0.29) is 5.41 Å². The number of nitrogens with zero attached hydrogens (tertiary/aromatic N) is 6. The highest BCUT2D eigenvalue weighted by atomic mass is 16.5. The van der Waals surface area contributed by atoms with Crippen molar-refractivity contribution in [2.75, 3.05) is 13.2 Å². The third-order valence-corrected chi connectivity index (χ3v) is 16.3. The van der Waals surface area contributed by atoms with Gasteiger partial charge in [-0.25, -0.2) is 30.0 Å². The Labute approximate surface area is 460 Å². The van der Waals surface area contributed by atoms with Crippen molar-refractivity contribution in [3.63, 3.8) is 0 Å². The highest BCUT2D eigenvalue weighted by Gasteiger charge is 2.31. The average molecular weight is 1030 g/mol. The lowest BCUT2D eigenvalue weighted by Crippen LogP contribution is -2.28. The van der Waals surface area contributed by atoms with E-state index in [1.807, 2.05) is 0 Å². The molecule has 8 rings (SSSR count). The van der Waals surface area contributed by atoms with Gasteiger partial charge in [0, 0.05) is 40.3 Å². The summed E-state index contributed by atoms with van der Waals surface area (Å²) < 4.78 is 13.2. The summed E-state index contributed by atoms with van der Waals surface area (Å²) in [7, 11) is 0. The third kappa shape index (κ3) is 11.1. The topological polar surface area (TPSA) is 124 Å². The number of rotatable bonds is 18. The minimum atomic E-state index is -0.347. The molecule has 2 aromatic heterocycles. The number of aromatic nitrogens is 2. The van der Waals surface area contributed by atoms with Gasteiger partial charge in [0.25, 0.3) is 0 Å². The molecule has 0 radical (unpaired) electrons. The van der Waals surface area contributed by atoms with Gasteiger partial charge in [0.05, 0.1) is 70.2 Å². The largest absolute Gasteiger partial charge is 0.477 e. The Morgan fingerprint density at radius 3 is 1.01 bits per heavy atom. The molecule has 8 heterocycles. The summed E-state index contributed by atoms with van der Waals surface area (Å²) in [6.07, 6.45) is 24.4. The molecule has 0 aliphatic carbocycles. The van der Waals surface area contributed by atoms with Crippen LogP contribution < -0.4 is 0 Å². The SMILES string of the molecule is CCC1=C(C)/C(=C\c2[nH]cc(C)c2CC)N=C1/C=C1N=C(/C=C2\N=C(OCC(C)(C)COC3=N/C(=C\C4=NC(=C\C5=NC(=C/c6[nH]cc(C)c6CC)/C(C)=C5CC)/C(CC)=C4C)C(CC)=C3C)C(C)=C2CC)C(C)=C\1CC. The van der Waals surface area contributed by atoms with Gasteiger partial charge in [-0.3, -0.25) is 0 Å². The number of aromatic amines is 2. The summed E-state index contributed by atoms with van der Waals surface area (Å²) >= 11 is 0. The van der Waals surface area contributed by atoms with E-state index >= 15 is 0 Å². The first-order valence-corrected chi connectivity index (χ1v) is 28.5. The molecule has 0 atom stereocenters. The van der Waals surface area contributed by atoms with E-state index in [0.717, 1.165) is 131 Å². The molecule has 2 N–H and O–H groups in total. The number of nitrogens with one attached hydrogen (secondary N) is 2. The van der Waals surface area contributed by atoms with E-state index in [1.165, 1.54) is 78.0 Å². The Morgan fingerprint density at radius 1 is 0.364 bits per heavy atom. The minimum absolute atomic E-state index is 0.347. The number of hydrogen-bond acceptors (Lipinski definition) is 8. The Kier molecular flexibility index (Phi) is 17.1. The van der Waals surface area contributed by atoms with E-state index in [4.69, 9.17) is 39.4 Å². The number of aryl methyl sites for hydroxylation is 2. The predicted molar refractivity (Wildman–Crippen MR) is 326 cm³/mol. The van der Waals surface area contributed by atoms with Crippen LogP contribution in [0.1, 0.15) is 183 Å². The zero-order chi connectivity index (χ0) is 55.6. The fourth-order valence-corrected chi connectivity index (χ4v) is 11.6. The molecular formula is C67H84N8O2. The van der Waals surface area contributed by atoms with Crippen LogP contribution in [-0.2, 0) is 22.3 Å². The van der Waals surface area contributed by atoms with E-state index in [0.29, 0.717) is 25.0 Å². The van der Waals surface area contributed by atoms with Crippen LogP contribution in [-0.4, -0.2) is 57.8 Å². The van der Waals surface area contributed by atoms with Crippen molar-refractivity contribution in [2.24, 2.45) is 35.4 Å². The van der Waals surface area contributed by atoms with Gasteiger partial charge in [-0.2, -0.15) is 0 Å². The highest BCUT2D eigenvalue weighted by Crippen LogP contribution is 2.39. The molecule has 10 nitrogen and oxygen atoms in total. The first-order chi connectivity index (χ1) is 36.8. The zero-order valence-electron chi connectivity index (χ0n) is 49.7. The molecule has 0 bridgehead atoms. The van der Waals surface area contributed by atoms with Crippen LogP contribution in [0.2, 0.25) is 0 Å². The van der Waals surface area contributed by atoms with Crippen LogP contribution >= 0.6 is 0 Å². The summed E-state index contributed by atoms with van der Waals surface area (Å²) in [6.45, 7) is 40.1. The Bertz CT molecular complexity index is 3170. The number of hydrogen-bond donors (Lipinski definition) is 2. The summed E-state index contributed by atoms with van der Waals surface area (Å²) in [5.74, 6) is 1.31. The van der Waals surface area contributed by atoms with E-state index in [1.54, 1.807) is 0 Å². The summed E-state index contributed by atoms with van der Waals surface area (Å²) in [5.41, 5.74) is 31.1. The van der Waals surface area contributed by atoms with Gasteiger partial charge in [-0.05, 0) is 221 Å². The number of allylic oxidation sites excluding steroid dienone is 14. The molecule has 6 aliphatic rings. The van der Waals surface area contributed by atoms with E-state index in [9.17, 15) is 0 Å². The lowest BCUT2D eigenvalue weighted by Gasteiger charge is -2.25. The maximum atomic E-state index is 6.61. The van der Waals surface area contributed by atoms with Gasteiger partial charge >= 0.3 is 0 Å². The van der Waals surface area contributed by atoms with Gasteiger partial charge in [0.2, 0.25) is 11.8 Å². The molecule has 0 saturated heterocycles. The molecule has 10 heteroatoms. The normalized spacial score (nSPS) is 21.4. The monoisotopic (exact) mass is 1030 g/mol. The average Bonchev–Trinajstić information content (AvgIpc) is 4.33. The van der Waals surface area contributed by atoms with Crippen LogP contribution in [0.3, 0.4) is 0 Å². The molecule has 0 unspecified atom stereocenters. The molecule has 77 heavy (non-hydrogen) atoms. The van der Waals surface area contributed by atoms with Crippen LogP contribution in [0, 0.1) is 19.3 Å². The van der Waals surface area contributed by atoms with E-state index < -0.39 is 0 Å². The minimum Gasteiger partial charge on any atom is -0.477 e. The number of H-pyrrole nitrogens is 2. The quantitative estimate of drug-likeness (QED) is 0.154. The second-order valence-corrected chi connectivity index (χ2v) is 21.9. The Morgan fingerprint density at radius 2 is 0.675 bits per heavy atom. The molecule has 0 aromatic carbocycles. The van der Waals surface area contributed by atoms with Gasteiger partial charge in [0.15, 0.2) is 0 Å². The van der Waals surface area contributed by atoms with Crippen molar-refractivity contribution in [2.45, 2.75) is 176 Å². The number of aliphatic imine (C=N–C) groups is 6. The second kappa shape index (κ2) is 23.3. The fourth-order valence-electron chi connectivity index (χ4n) is 11.6. The Hall–Kier alpha value is -6.94. The lowest BCUT2D eigenvalue weighted by molar-refractivity contribution is 0.0992.